The summed E-state index contributed by atoms with van der Waals surface area (Å²) in [5.74, 6) is 11.7. The van der Waals surface area contributed by atoms with E-state index in [0.29, 0.717) is 29.0 Å². The first-order chi connectivity index (χ1) is 18.4. The largest absolute Gasteiger partial charge is 0.381 e. The molecule has 200 valence electrons. The van der Waals surface area contributed by atoms with Crippen molar-refractivity contribution in [1.82, 2.24) is 15.6 Å². The Hall–Kier alpha value is -2.97. The fraction of sp³-hybridized carbons (Fsp3) is 0.345. The smallest absolute Gasteiger partial charge is 0.167 e. The summed E-state index contributed by atoms with van der Waals surface area (Å²) in [6.45, 7) is 3.48. The van der Waals surface area contributed by atoms with Gasteiger partial charge in [0.15, 0.2) is 5.84 Å². The molecule has 0 bridgehead atoms. The molecular formula is C29H34Cl2N6O. The first kappa shape index (κ1) is 26.6. The fourth-order valence-electron chi connectivity index (χ4n) is 5.78. The number of rotatable bonds is 8. The van der Waals surface area contributed by atoms with Gasteiger partial charge in [-0.3, -0.25) is 0 Å². The first-order valence-electron chi connectivity index (χ1n) is 13.0. The van der Waals surface area contributed by atoms with Gasteiger partial charge in [0.2, 0.25) is 0 Å². The van der Waals surface area contributed by atoms with Crippen molar-refractivity contribution >= 4 is 34.7 Å². The van der Waals surface area contributed by atoms with E-state index in [0.717, 1.165) is 48.1 Å². The van der Waals surface area contributed by atoms with Crippen molar-refractivity contribution in [3.63, 3.8) is 0 Å². The molecule has 7 N–H and O–H groups in total. The maximum atomic E-state index is 11.7. The van der Waals surface area contributed by atoms with Gasteiger partial charge in [-0.25, -0.2) is 5.84 Å². The number of nitrogens with one attached hydrogen (secondary N) is 2. The van der Waals surface area contributed by atoms with Crippen LogP contribution in [0.15, 0.2) is 77.1 Å². The van der Waals surface area contributed by atoms with Crippen LogP contribution in [0.25, 0.3) is 5.70 Å². The Morgan fingerprint density at radius 2 is 1.95 bits per heavy atom. The summed E-state index contributed by atoms with van der Waals surface area (Å²) >= 11 is 13.1. The molecule has 1 fully saturated rings. The van der Waals surface area contributed by atoms with E-state index in [1.54, 1.807) is 0 Å². The van der Waals surface area contributed by atoms with Crippen LogP contribution in [0, 0.1) is 5.41 Å². The molecule has 2 aromatic carbocycles. The maximum absolute atomic E-state index is 11.7. The molecule has 1 aliphatic carbocycles. The Kier molecular flexibility index (Phi) is 7.73. The highest BCUT2D eigenvalue weighted by Gasteiger charge is 2.63. The fourth-order valence-corrected chi connectivity index (χ4v) is 6.44. The summed E-state index contributed by atoms with van der Waals surface area (Å²) in [7, 11) is 0. The summed E-state index contributed by atoms with van der Waals surface area (Å²) in [5, 5.41) is 20.3. The molecular weight excluding hydrogens is 519 g/mol. The molecule has 7 nitrogen and oxygen atoms in total. The second-order valence-corrected chi connectivity index (χ2v) is 11.0. The van der Waals surface area contributed by atoms with E-state index in [4.69, 9.17) is 34.9 Å². The predicted octanol–water partition coefficient (Wildman–Crippen LogP) is 4.83. The van der Waals surface area contributed by atoms with Crippen molar-refractivity contribution in [3.05, 3.63) is 98.7 Å². The van der Waals surface area contributed by atoms with Crippen LogP contribution in [0.1, 0.15) is 55.2 Å². The number of unbranched alkanes of at least 4 members (excludes halogenated alkanes) is 1. The van der Waals surface area contributed by atoms with Crippen molar-refractivity contribution in [2.24, 2.45) is 22.2 Å². The minimum absolute atomic E-state index is 0.108. The van der Waals surface area contributed by atoms with Gasteiger partial charge < -0.3 is 26.6 Å². The molecule has 0 saturated heterocycles. The zero-order valence-electron chi connectivity index (χ0n) is 21.4. The van der Waals surface area contributed by atoms with Crippen molar-refractivity contribution < 1.29 is 5.11 Å². The summed E-state index contributed by atoms with van der Waals surface area (Å²) in [5.41, 5.74) is 8.25. The number of amidine groups is 1. The summed E-state index contributed by atoms with van der Waals surface area (Å²) in [6, 6.07) is 13.4. The van der Waals surface area contributed by atoms with E-state index in [2.05, 4.69) is 45.9 Å². The summed E-state index contributed by atoms with van der Waals surface area (Å²) in [6.07, 6.45) is 9.78. The van der Waals surface area contributed by atoms with Crippen LogP contribution in [-0.4, -0.2) is 35.2 Å². The van der Waals surface area contributed by atoms with Crippen LogP contribution >= 0.6 is 23.2 Å². The van der Waals surface area contributed by atoms with Crippen LogP contribution in [0.3, 0.4) is 0 Å². The van der Waals surface area contributed by atoms with Crippen LogP contribution in [0.5, 0.6) is 0 Å². The highest BCUT2D eigenvalue weighted by atomic mass is 35.5. The minimum Gasteiger partial charge on any atom is -0.381 e. The minimum atomic E-state index is -0.627. The molecule has 0 amide bonds. The average Bonchev–Trinajstić information content (AvgIpc) is 3.58. The van der Waals surface area contributed by atoms with Gasteiger partial charge in [-0.1, -0.05) is 79.0 Å². The number of allylic oxidation sites excluding steroid dienone is 3. The van der Waals surface area contributed by atoms with E-state index >= 15 is 0 Å². The molecule has 1 saturated carbocycles. The normalized spacial score (nSPS) is 24.6. The number of benzene rings is 2. The zero-order chi connectivity index (χ0) is 26.9. The molecule has 38 heavy (non-hydrogen) atoms. The van der Waals surface area contributed by atoms with E-state index in [1.807, 2.05) is 42.5 Å². The summed E-state index contributed by atoms with van der Waals surface area (Å²) < 4.78 is 0. The SMILES string of the molecule is CCCCC1=C[C@]2(CC2c2c(Cl)cccc2Cl)C(O)N1CC1=CC=C(c2ccccc2/C(=N/N)NN)NC1. The molecule has 5 rings (SSSR count). The highest BCUT2D eigenvalue weighted by Crippen LogP contribution is 2.68. The standard InChI is InChI=1S/C29H34Cl2N6O/c1-2-3-7-19-14-29(15-22(29)26-23(30)10-6-11-24(26)31)28(38)37(19)17-18-12-13-25(34-16-18)20-8-4-5-9-21(20)27(35-32)36-33/h4-6,8-14,22,28,34,38H,2-3,7,15-17,32-33H2,1H3,(H,35,36)/t22?,28?,29-/m1/s1. The van der Waals surface area contributed by atoms with Crippen LogP contribution < -0.4 is 22.4 Å². The highest BCUT2D eigenvalue weighted by molar-refractivity contribution is 6.36. The molecule has 0 aromatic heterocycles. The van der Waals surface area contributed by atoms with Crippen molar-refractivity contribution in [2.45, 2.75) is 44.8 Å². The number of hydrazone groups is 1. The molecule has 2 unspecified atom stereocenters. The van der Waals surface area contributed by atoms with Crippen LogP contribution in [0.4, 0.5) is 0 Å². The quantitative estimate of drug-likeness (QED) is 0.139. The molecule has 2 heterocycles. The van der Waals surface area contributed by atoms with Gasteiger partial charge >= 0.3 is 0 Å². The number of nitrogens with two attached hydrogens (primary N) is 2. The molecule has 3 aliphatic rings. The molecule has 2 aromatic rings. The van der Waals surface area contributed by atoms with Gasteiger partial charge in [0.25, 0.3) is 0 Å². The van der Waals surface area contributed by atoms with Gasteiger partial charge in [0.1, 0.15) is 6.23 Å². The maximum Gasteiger partial charge on any atom is 0.167 e. The Balaban J connectivity index is 1.38. The third kappa shape index (κ3) is 4.80. The van der Waals surface area contributed by atoms with E-state index in [1.165, 1.54) is 11.3 Å². The number of dihydropyridines is 1. The predicted molar refractivity (Wildman–Crippen MR) is 155 cm³/mol. The molecule has 3 atom stereocenters. The second kappa shape index (κ2) is 11.0. The lowest BCUT2D eigenvalue weighted by molar-refractivity contribution is 0.00565. The van der Waals surface area contributed by atoms with Gasteiger partial charge in [0.05, 0.1) is 0 Å². The molecule has 2 aliphatic heterocycles. The van der Waals surface area contributed by atoms with E-state index < -0.39 is 6.23 Å². The lowest BCUT2D eigenvalue weighted by atomic mass is 9.97. The van der Waals surface area contributed by atoms with Crippen molar-refractivity contribution in [2.75, 3.05) is 13.1 Å². The number of hydrogen-bond donors (Lipinski definition) is 5. The Bertz CT molecular complexity index is 1320. The number of aliphatic hydroxyl groups excluding tert-OH is 1. The Morgan fingerprint density at radius 3 is 2.61 bits per heavy atom. The van der Waals surface area contributed by atoms with Crippen molar-refractivity contribution in [3.8, 4) is 0 Å². The third-order valence-corrected chi connectivity index (χ3v) is 8.52. The van der Waals surface area contributed by atoms with E-state index in [9.17, 15) is 5.11 Å². The third-order valence-electron chi connectivity index (χ3n) is 7.86. The molecule has 9 heteroatoms. The molecule has 1 spiro atoms. The number of hydrogen-bond acceptors (Lipinski definition) is 6. The summed E-state index contributed by atoms with van der Waals surface area (Å²) in [4.78, 5) is 2.16. The van der Waals surface area contributed by atoms with E-state index in [-0.39, 0.29) is 11.3 Å². The number of aliphatic hydroxyl groups is 1. The Morgan fingerprint density at radius 1 is 1.18 bits per heavy atom. The van der Waals surface area contributed by atoms with Gasteiger partial charge in [-0.2, -0.15) is 5.10 Å². The van der Waals surface area contributed by atoms with Crippen molar-refractivity contribution in [1.29, 1.82) is 0 Å². The number of nitrogens with zero attached hydrogens (tertiary/aromatic N) is 2. The van der Waals surface area contributed by atoms with Gasteiger partial charge in [-0.05, 0) is 48.6 Å². The lowest BCUT2D eigenvalue weighted by Crippen LogP contribution is -2.38. The number of halogens is 2. The van der Waals surface area contributed by atoms with Crippen LogP contribution in [-0.2, 0) is 0 Å². The average molecular weight is 554 g/mol. The zero-order valence-corrected chi connectivity index (χ0v) is 22.9. The second-order valence-electron chi connectivity index (χ2n) is 10.2. The number of hydrazine groups is 1. The van der Waals surface area contributed by atoms with Gasteiger partial charge in [-0.15, -0.1) is 0 Å². The monoisotopic (exact) mass is 552 g/mol. The molecule has 0 radical (unpaired) electrons. The first-order valence-corrected chi connectivity index (χ1v) is 13.8. The topological polar surface area (TPSA) is 112 Å². The Labute approximate surface area is 233 Å². The van der Waals surface area contributed by atoms with Gasteiger partial charge in [0, 0.05) is 57.0 Å². The lowest BCUT2D eigenvalue weighted by Gasteiger charge is -2.31. The van der Waals surface area contributed by atoms with Crippen LogP contribution in [0.2, 0.25) is 10.0 Å².